The van der Waals surface area contributed by atoms with E-state index in [1.165, 1.54) is 5.56 Å². The van der Waals surface area contributed by atoms with Crippen LogP contribution in [-0.4, -0.2) is 56.7 Å². The van der Waals surface area contributed by atoms with Crippen molar-refractivity contribution in [2.45, 2.75) is 13.1 Å². The molecule has 0 spiro atoms. The average molecular weight is 361 g/mol. The lowest BCUT2D eigenvalue weighted by Gasteiger charge is -2.34. The van der Waals surface area contributed by atoms with E-state index in [0.717, 1.165) is 38.3 Å². The predicted octanol–water partition coefficient (Wildman–Crippen LogP) is 2.29. The zero-order valence-corrected chi connectivity index (χ0v) is 15.2. The minimum absolute atomic E-state index is 0.0962. The smallest absolute Gasteiger partial charge is 0.244 e. The van der Waals surface area contributed by atoms with Crippen molar-refractivity contribution >= 4 is 5.91 Å². The molecule has 1 aromatic heterocycles. The van der Waals surface area contributed by atoms with Gasteiger partial charge in [0, 0.05) is 38.3 Å². The van der Waals surface area contributed by atoms with Gasteiger partial charge in [-0.25, -0.2) is 9.67 Å². The van der Waals surface area contributed by atoms with Crippen molar-refractivity contribution < 1.29 is 4.79 Å². The number of carbonyl (C=O) groups is 1. The summed E-state index contributed by atoms with van der Waals surface area (Å²) in [6.45, 7) is 4.48. The van der Waals surface area contributed by atoms with E-state index in [2.05, 4.69) is 39.2 Å². The third kappa shape index (κ3) is 4.41. The van der Waals surface area contributed by atoms with Gasteiger partial charge in [-0.1, -0.05) is 60.7 Å². The molecule has 0 radical (unpaired) electrons. The summed E-state index contributed by atoms with van der Waals surface area (Å²) >= 11 is 0. The van der Waals surface area contributed by atoms with E-state index in [1.54, 1.807) is 11.0 Å². The highest BCUT2D eigenvalue weighted by Crippen LogP contribution is 2.13. The summed E-state index contributed by atoms with van der Waals surface area (Å²) in [4.78, 5) is 21.2. The highest BCUT2D eigenvalue weighted by atomic mass is 16.2. The number of carbonyl (C=O) groups excluding carboxylic acids is 1. The molecule has 0 aliphatic carbocycles. The van der Waals surface area contributed by atoms with Gasteiger partial charge in [0.15, 0.2) is 5.82 Å². The molecular weight excluding hydrogens is 338 g/mol. The molecule has 0 unspecified atom stereocenters. The van der Waals surface area contributed by atoms with Crippen LogP contribution in [0.3, 0.4) is 0 Å². The number of hydrogen-bond acceptors (Lipinski definition) is 4. The number of rotatable bonds is 5. The molecule has 4 rings (SSSR count). The molecule has 6 nitrogen and oxygen atoms in total. The van der Waals surface area contributed by atoms with E-state index >= 15 is 0 Å². The summed E-state index contributed by atoms with van der Waals surface area (Å²) in [6.07, 6.45) is 1.63. The lowest BCUT2D eigenvalue weighted by molar-refractivity contribution is -0.133. The fraction of sp³-hybridized carbons (Fsp3) is 0.286. The Morgan fingerprint density at radius 1 is 0.889 bits per heavy atom. The molecule has 6 heteroatoms. The van der Waals surface area contributed by atoms with Crippen LogP contribution in [0.5, 0.6) is 0 Å². The lowest BCUT2D eigenvalue weighted by atomic mass is 10.2. The Labute approximate surface area is 159 Å². The van der Waals surface area contributed by atoms with Crippen molar-refractivity contribution in [3.8, 4) is 11.4 Å². The van der Waals surface area contributed by atoms with Crippen LogP contribution in [0, 0.1) is 0 Å². The maximum atomic E-state index is 12.6. The molecule has 1 aliphatic rings. The van der Waals surface area contributed by atoms with E-state index < -0.39 is 0 Å². The Morgan fingerprint density at radius 2 is 1.56 bits per heavy atom. The van der Waals surface area contributed by atoms with Crippen molar-refractivity contribution in [1.82, 2.24) is 24.6 Å². The van der Waals surface area contributed by atoms with Crippen LogP contribution in [0.4, 0.5) is 0 Å². The topological polar surface area (TPSA) is 54.3 Å². The molecule has 0 bridgehead atoms. The average Bonchev–Trinajstić information content (AvgIpc) is 3.18. The third-order valence-electron chi connectivity index (χ3n) is 4.84. The molecule has 0 N–H and O–H groups in total. The minimum atomic E-state index is 0.0962. The molecule has 138 valence electrons. The number of benzene rings is 2. The first kappa shape index (κ1) is 17.4. The highest BCUT2D eigenvalue weighted by molar-refractivity contribution is 5.76. The number of nitrogens with zero attached hydrogens (tertiary/aromatic N) is 5. The summed E-state index contributed by atoms with van der Waals surface area (Å²) in [6, 6.07) is 20.3. The number of hydrogen-bond donors (Lipinski definition) is 0. The second-order valence-corrected chi connectivity index (χ2v) is 6.77. The Balaban J connectivity index is 1.29. The first-order valence-corrected chi connectivity index (χ1v) is 9.27. The van der Waals surface area contributed by atoms with Crippen molar-refractivity contribution in [2.24, 2.45) is 0 Å². The first-order valence-electron chi connectivity index (χ1n) is 9.27. The van der Waals surface area contributed by atoms with E-state index in [-0.39, 0.29) is 12.5 Å². The van der Waals surface area contributed by atoms with Crippen molar-refractivity contribution in [3.63, 3.8) is 0 Å². The fourth-order valence-corrected chi connectivity index (χ4v) is 3.33. The standard InChI is InChI=1S/C21H23N5O/c27-20(16-26-17-22-21(23-26)19-9-5-2-6-10-19)25-13-11-24(12-14-25)15-18-7-3-1-4-8-18/h1-10,17H,11-16H2. The summed E-state index contributed by atoms with van der Waals surface area (Å²) in [5, 5.41) is 4.43. The van der Waals surface area contributed by atoms with Gasteiger partial charge < -0.3 is 4.90 Å². The molecule has 2 aromatic carbocycles. The van der Waals surface area contributed by atoms with Gasteiger partial charge in [-0.2, -0.15) is 5.10 Å². The van der Waals surface area contributed by atoms with Gasteiger partial charge in [-0.3, -0.25) is 9.69 Å². The van der Waals surface area contributed by atoms with Crippen LogP contribution in [-0.2, 0) is 17.9 Å². The quantitative estimate of drug-likeness (QED) is 0.700. The van der Waals surface area contributed by atoms with E-state index in [0.29, 0.717) is 5.82 Å². The van der Waals surface area contributed by atoms with Gasteiger partial charge >= 0.3 is 0 Å². The summed E-state index contributed by atoms with van der Waals surface area (Å²) in [5.74, 6) is 0.745. The van der Waals surface area contributed by atoms with Gasteiger partial charge in [0.1, 0.15) is 12.9 Å². The van der Waals surface area contributed by atoms with E-state index in [1.807, 2.05) is 41.3 Å². The summed E-state index contributed by atoms with van der Waals surface area (Å²) in [5.41, 5.74) is 2.27. The van der Waals surface area contributed by atoms with Gasteiger partial charge in [-0.05, 0) is 5.56 Å². The molecule has 1 fully saturated rings. The first-order chi connectivity index (χ1) is 13.3. The summed E-state index contributed by atoms with van der Waals surface area (Å²) < 4.78 is 1.63. The molecule has 27 heavy (non-hydrogen) atoms. The van der Waals surface area contributed by atoms with Crippen LogP contribution in [0.1, 0.15) is 5.56 Å². The predicted molar refractivity (Wildman–Crippen MR) is 104 cm³/mol. The molecule has 0 saturated carbocycles. The molecule has 1 amide bonds. The maximum absolute atomic E-state index is 12.6. The van der Waals surface area contributed by atoms with Gasteiger partial charge in [-0.15, -0.1) is 0 Å². The molecule has 0 atom stereocenters. The van der Waals surface area contributed by atoms with Crippen LogP contribution in [0.2, 0.25) is 0 Å². The molecule has 1 saturated heterocycles. The van der Waals surface area contributed by atoms with E-state index in [4.69, 9.17) is 0 Å². The van der Waals surface area contributed by atoms with Crippen molar-refractivity contribution in [3.05, 3.63) is 72.6 Å². The fourth-order valence-electron chi connectivity index (χ4n) is 3.33. The lowest BCUT2D eigenvalue weighted by Crippen LogP contribution is -2.49. The number of amides is 1. The zero-order chi connectivity index (χ0) is 18.5. The molecule has 2 heterocycles. The van der Waals surface area contributed by atoms with E-state index in [9.17, 15) is 4.79 Å². The minimum Gasteiger partial charge on any atom is -0.339 e. The number of piperazine rings is 1. The van der Waals surface area contributed by atoms with Crippen LogP contribution in [0.25, 0.3) is 11.4 Å². The van der Waals surface area contributed by atoms with Gasteiger partial charge in [0.25, 0.3) is 0 Å². The Hall–Kier alpha value is -2.99. The number of aromatic nitrogens is 3. The van der Waals surface area contributed by atoms with Crippen molar-refractivity contribution in [1.29, 1.82) is 0 Å². The monoisotopic (exact) mass is 361 g/mol. The second-order valence-electron chi connectivity index (χ2n) is 6.77. The largest absolute Gasteiger partial charge is 0.339 e. The SMILES string of the molecule is O=C(Cn1cnc(-c2ccccc2)n1)N1CCN(Cc2ccccc2)CC1. The molecular formula is C21H23N5O. The Kier molecular flexibility index (Phi) is 5.25. The normalized spacial score (nSPS) is 15.0. The third-order valence-corrected chi connectivity index (χ3v) is 4.84. The zero-order valence-electron chi connectivity index (χ0n) is 15.2. The van der Waals surface area contributed by atoms with Crippen molar-refractivity contribution in [2.75, 3.05) is 26.2 Å². The van der Waals surface area contributed by atoms with Crippen LogP contribution in [0.15, 0.2) is 67.0 Å². The summed E-state index contributed by atoms with van der Waals surface area (Å²) in [7, 11) is 0. The molecule has 3 aromatic rings. The van der Waals surface area contributed by atoms with Gasteiger partial charge in [0.05, 0.1) is 0 Å². The Morgan fingerprint density at radius 3 is 2.26 bits per heavy atom. The van der Waals surface area contributed by atoms with Crippen LogP contribution >= 0.6 is 0 Å². The molecule has 1 aliphatic heterocycles. The Bertz CT molecular complexity index is 870. The van der Waals surface area contributed by atoms with Crippen LogP contribution < -0.4 is 0 Å². The van der Waals surface area contributed by atoms with Gasteiger partial charge in [0.2, 0.25) is 5.91 Å². The maximum Gasteiger partial charge on any atom is 0.244 e. The second kappa shape index (κ2) is 8.14. The highest BCUT2D eigenvalue weighted by Gasteiger charge is 2.21.